The van der Waals surface area contributed by atoms with Crippen molar-refractivity contribution in [2.75, 3.05) is 13.2 Å². The number of aliphatic hydroxyl groups excluding tert-OH is 2. The third-order valence-corrected chi connectivity index (χ3v) is 3.20. The third kappa shape index (κ3) is 8.16. The molecule has 0 aliphatic carbocycles. The fraction of sp³-hybridized carbons (Fsp3) is 0.385. The number of Topliss-reactive ketones (excluding diaryl/α,β-unsaturated/α-hetero) is 1. The molecule has 11 heteroatoms. The van der Waals surface area contributed by atoms with Crippen LogP contribution < -0.4 is 5.32 Å². The van der Waals surface area contributed by atoms with Crippen molar-refractivity contribution in [3.05, 3.63) is 35.9 Å². The van der Waals surface area contributed by atoms with Crippen molar-refractivity contribution < 1.29 is 43.4 Å². The lowest BCUT2D eigenvalue weighted by molar-refractivity contribution is -0.135. The van der Waals surface area contributed by atoms with E-state index in [9.17, 15) is 24.4 Å². The maximum atomic E-state index is 11.4. The topological polar surface area (TPSA) is 163 Å². The van der Waals surface area contributed by atoms with Gasteiger partial charge in [0.15, 0.2) is 5.78 Å². The Morgan fingerprint density at radius 3 is 2.38 bits per heavy atom. The second kappa shape index (κ2) is 9.48. The van der Waals surface area contributed by atoms with Crippen molar-refractivity contribution in [2.24, 2.45) is 0 Å². The Labute approximate surface area is 137 Å². The molecule has 0 radical (unpaired) electrons. The van der Waals surface area contributed by atoms with Crippen molar-refractivity contribution in [1.82, 2.24) is 5.32 Å². The molecular formula is C13H18NO9P. The Bertz CT molecular complexity index is 588. The van der Waals surface area contributed by atoms with Crippen LogP contribution in [0.5, 0.6) is 0 Å². The first-order valence-corrected chi connectivity index (χ1v) is 8.25. The highest BCUT2D eigenvalue weighted by Crippen LogP contribution is 2.35. The van der Waals surface area contributed by atoms with Gasteiger partial charge < -0.3 is 30.1 Å². The number of hydrogen-bond acceptors (Lipinski definition) is 7. The molecule has 1 unspecified atom stereocenters. The monoisotopic (exact) mass is 363 g/mol. The Hall–Kier alpha value is -1.81. The lowest BCUT2D eigenvalue weighted by Crippen LogP contribution is -2.43. The lowest BCUT2D eigenvalue weighted by atomic mass is 10.1. The Balaban J connectivity index is 2.30. The summed E-state index contributed by atoms with van der Waals surface area (Å²) in [6, 6.07) is 8.82. The van der Waals surface area contributed by atoms with Gasteiger partial charge in [-0.1, -0.05) is 30.3 Å². The summed E-state index contributed by atoms with van der Waals surface area (Å²) in [6.07, 6.45) is -4.54. The quantitative estimate of drug-likeness (QED) is 0.357. The number of rotatable bonds is 9. The number of aliphatic hydroxyl groups is 2. The van der Waals surface area contributed by atoms with Gasteiger partial charge in [-0.25, -0.2) is 9.36 Å². The molecule has 0 heterocycles. The zero-order valence-electron chi connectivity index (χ0n) is 12.4. The Morgan fingerprint density at radius 1 is 1.17 bits per heavy atom. The first-order chi connectivity index (χ1) is 11.2. The van der Waals surface area contributed by atoms with Crippen LogP contribution in [0.4, 0.5) is 4.79 Å². The number of carbonyl (C=O) groups excluding carboxylic acids is 2. The van der Waals surface area contributed by atoms with E-state index < -0.39 is 45.1 Å². The maximum Gasteiger partial charge on any atom is 0.470 e. The summed E-state index contributed by atoms with van der Waals surface area (Å²) in [6.45, 7) is -1.59. The van der Waals surface area contributed by atoms with E-state index in [1.165, 1.54) is 0 Å². The molecule has 0 saturated heterocycles. The van der Waals surface area contributed by atoms with Crippen molar-refractivity contribution in [1.29, 1.82) is 0 Å². The largest absolute Gasteiger partial charge is 0.470 e. The van der Waals surface area contributed by atoms with Crippen LogP contribution >= 0.6 is 7.82 Å². The summed E-state index contributed by atoms with van der Waals surface area (Å²) in [5.74, 6) is -1.15. The molecule has 5 N–H and O–H groups in total. The highest BCUT2D eigenvalue weighted by molar-refractivity contribution is 7.46. The summed E-state index contributed by atoms with van der Waals surface area (Å²) in [5.41, 5.74) is 0.748. The summed E-state index contributed by atoms with van der Waals surface area (Å²) in [5, 5.41) is 21.2. The number of benzene rings is 1. The molecule has 2 atom stereocenters. The fourth-order valence-electron chi connectivity index (χ4n) is 1.52. The highest BCUT2D eigenvalue weighted by Gasteiger charge is 2.27. The number of alkyl carbamates (subject to hydrolysis) is 1. The van der Waals surface area contributed by atoms with Gasteiger partial charge in [0.1, 0.15) is 25.4 Å². The average Bonchev–Trinajstić information content (AvgIpc) is 2.55. The van der Waals surface area contributed by atoms with Crippen LogP contribution in [0.3, 0.4) is 0 Å². The molecule has 134 valence electrons. The molecule has 1 rings (SSSR count). The van der Waals surface area contributed by atoms with E-state index in [4.69, 9.17) is 14.5 Å². The van der Waals surface area contributed by atoms with Crippen molar-refractivity contribution in [2.45, 2.75) is 18.8 Å². The van der Waals surface area contributed by atoms with Gasteiger partial charge in [-0.15, -0.1) is 0 Å². The van der Waals surface area contributed by atoms with E-state index in [1.54, 1.807) is 30.3 Å². The molecule has 0 aliphatic heterocycles. The summed E-state index contributed by atoms with van der Waals surface area (Å²) < 4.78 is 19.2. The van der Waals surface area contributed by atoms with Crippen LogP contribution in [0.1, 0.15) is 5.56 Å². The zero-order chi connectivity index (χ0) is 18.2. The molecule has 1 aromatic rings. The second-order valence-electron chi connectivity index (χ2n) is 4.69. The van der Waals surface area contributed by atoms with Crippen LogP contribution in [0.2, 0.25) is 0 Å². The molecule has 0 bridgehead atoms. The van der Waals surface area contributed by atoms with Crippen LogP contribution in [-0.2, 0) is 25.2 Å². The Morgan fingerprint density at radius 2 is 1.79 bits per heavy atom. The molecule has 0 aliphatic rings. The number of carbonyl (C=O) groups is 2. The van der Waals surface area contributed by atoms with Gasteiger partial charge in [-0.3, -0.25) is 9.32 Å². The third-order valence-electron chi connectivity index (χ3n) is 2.74. The van der Waals surface area contributed by atoms with Gasteiger partial charge in [0.05, 0.1) is 0 Å². The number of phosphoric ester groups is 1. The van der Waals surface area contributed by atoms with E-state index in [0.717, 1.165) is 5.56 Å². The predicted molar refractivity (Wildman–Crippen MR) is 79.6 cm³/mol. The number of phosphoric acid groups is 1. The van der Waals surface area contributed by atoms with Crippen LogP contribution in [0.15, 0.2) is 30.3 Å². The van der Waals surface area contributed by atoms with Gasteiger partial charge in [0, 0.05) is 6.54 Å². The van der Waals surface area contributed by atoms with E-state index in [1.807, 2.05) is 0 Å². The maximum absolute atomic E-state index is 11.4. The molecule has 0 aromatic heterocycles. The van der Waals surface area contributed by atoms with Crippen LogP contribution in [0, 0.1) is 0 Å². The van der Waals surface area contributed by atoms with Gasteiger partial charge in [-0.2, -0.15) is 0 Å². The van der Waals surface area contributed by atoms with E-state index >= 15 is 0 Å². The van der Waals surface area contributed by atoms with Crippen molar-refractivity contribution >= 4 is 19.7 Å². The number of ether oxygens (including phenoxy) is 1. The fourth-order valence-corrected chi connectivity index (χ4v) is 1.82. The van der Waals surface area contributed by atoms with Gasteiger partial charge in [0.25, 0.3) is 0 Å². The minimum atomic E-state index is -4.86. The summed E-state index contributed by atoms with van der Waals surface area (Å²) in [4.78, 5) is 39.7. The minimum Gasteiger partial charge on any atom is -0.445 e. The SMILES string of the molecule is O=C(NCC(O)[C@H](O)C(=O)COP(=O)(O)O)OCc1ccccc1. The first-order valence-electron chi connectivity index (χ1n) is 6.72. The van der Waals surface area contributed by atoms with E-state index in [-0.39, 0.29) is 6.61 Å². The molecule has 0 spiro atoms. The summed E-state index contributed by atoms with van der Waals surface area (Å²) >= 11 is 0. The van der Waals surface area contributed by atoms with Crippen LogP contribution in [-0.4, -0.2) is 57.2 Å². The smallest absolute Gasteiger partial charge is 0.445 e. The predicted octanol–water partition coefficient (Wildman–Crippen LogP) is -0.687. The molecule has 0 fully saturated rings. The van der Waals surface area contributed by atoms with Crippen molar-refractivity contribution in [3.8, 4) is 0 Å². The lowest BCUT2D eigenvalue weighted by Gasteiger charge is -2.17. The molecule has 1 aromatic carbocycles. The molecule has 10 nitrogen and oxygen atoms in total. The van der Waals surface area contributed by atoms with Gasteiger partial charge in [0.2, 0.25) is 0 Å². The van der Waals surface area contributed by atoms with Crippen molar-refractivity contribution in [3.63, 3.8) is 0 Å². The normalized spacial score (nSPS) is 13.8. The first kappa shape index (κ1) is 20.2. The minimum absolute atomic E-state index is 0.000375. The molecule has 24 heavy (non-hydrogen) atoms. The highest BCUT2D eigenvalue weighted by atomic mass is 31.2. The van der Waals surface area contributed by atoms with Gasteiger partial charge >= 0.3 is 13.9 Å². The van der Waals surface area contributed by atoms with Gasteiger partial charge in [-0.05, 0) is 5.56 Å². The number of amides is 1. The number of ketones is 1. The number of nitrogens with one attached hydrogen (secondary N) is 1. The summed E-state index contributed by atoms with van der Waals surface area (Å²) in [7, 11) is -4.86. The van der Waals surface area contributed by atoms with E-state index in [2.05, 4.69) is 9.84 Å². The standard InChI is InChI=1S/C13H18NO9P/c15-10(12(17)11(16)8-23-24(19,20)21)6-14-13(18)22-7-9-4-2-1-3-5-9/h1-5,10,12,15,17H,6-8H2,(H,14,18)(H2,19,20,21)/t10?,12-/m0/s1. The second-order valence-corrected chi connectivity index (χ2v) is 5.92. The zero-order valence-corrected chi connectivity index (χ0v) is 13.3. The molecule has 1 amide bonds. The Kier molecular flexibility index (Phi) is 7.99. The number of hydrogen-bond donors (Lipinski definition) is 5. The van der Waals surface area contributed by atoms with E-state index in [0.29, 0.717) is 0 Å². The molecular weight excluding hydrogens is 345 g/mol. The molecule has 0 saturated carbocycles. The van der Waals surface area contributed by atoms with Crippen LogP contribution in [0.25, 0.3) is 0 Å². The average molecular weight is 363 g/mol.